The second-order valence-electron chi connectivity index (χ2n) is 11.4. The molecule has 0 heterocycles. The first kappa shape index (κ1) is 35.9. The molecule has 4 heteroatoms. The maximum atomic E-state index is 12.3. The van der Waals surface area contributed by atoms with Gasteiger partial charge in [0.05, 0.1) is 0 Å². The van der Waals surface area contributed by atoms with Crippen LogP contribution in [0.2, 0.25) is 0 Å². The molecule has 0 aliphatic rings. The van der Waals surface area contributed by atoms with E-state index in [9.17, 15) is 9.59 Å². The summed E-state index contributed by atoms with van der Waals surface area (Å²) >= 11 is 0. The largest absolute Gasteiger partial charge is 0.481 e. The molecule has 1 atom stereocenters. The molecule has 0 saturated carbocycles. The van der Waals surface area contributed by atoms with Crippen molar-refractivity contribution in [3.63, 3.8) is 0 Å². The fourth-order valence-electron chi connectivity index (χ4n) is 5.11. The highest BCUT2D eigenvalue weighted by Gasteiger charge is 2.15. The number of carboxylic acid groups (broad SMARTS) is 1. The smallest absolute Gasteiger partial charge is 0.306 e. The summed E-state index contributed by atoms with van der Waals surface area (Å²) in [6, 6.07) is 0. The molecule has 0 bridgehead atoms. The van der Waals surface area contributed by atoms with Crippen molar-refractivity contribution in [1.29, 1.82) is 0 Å². The van der Waals surface area contributed by atoms with E-state index in [1.165, 1.54) is 128 Å². The van der Waals surface area contributed by atoms with Crippen LogP contribution in [0.4, 0.5) is 0 Å². The summed E-state index contributed by atoms with van der Waals surface area (Å²) in [5, 5.41) is 9.05. The van der Waals surface area contributed by atoms with E-state index in [1.807, 2.05) is 0 Å². The van der Waals surface area contributed by atoms with Gasteiger partial charge in [0.1, 0.15) is 6.10 Å². The van der Waals surface area contributed by atoms with Crippen LogP contribution in [0.25, 0.3) is 0 Å². The number of unbranched alkanes of at least 4 members (excludes halogenated alkanes) is 22. The van der Waals surface area contributed by atoms with E-state index in [4.69, 9.17) is 9.84 Å². The topological polar surface area (TPSA) is 63.6 Å². The van der Waals surface area contributed by atoms with Gasteiger partial charge in [0.25, 0.3) is 0 Å². The van der Waals surface area contributed by atoms with Crippen LogP contribution in [0, 0.1) is 0 Å². The molecule has 220 valence electrons. The monoisotopic (exact) mass is 524 g/mol. The standard InChI is InChI=1S/C33H64O4/c1-3-5-7-9-11-13-15-16-17-18-20-22-24-26-28-33(36)37-31(29-30-32(34)35)27-25-23-21-19-14-12-10-8-6-4-2/h31H,3-30H2,1-2H3,(H,34,35). The molecule has 0 fully saturated rings. The quantitative estimate of drug-likeness (QED) is 0.0749. The van der Waals surface area contributed by atoms with Crippen LogP contribution in [0.15, 0.2) is 0 Å². The number of carbonyl (C=O) groups excluding carboxylic acids is 1. The molecule has 0 aliphatic carbocycles. The first-order chi connectivity index (χ1) is 18.1. The van der Waals surface area contributed by atoms with Gasteiger partial charge in [0.15, 0.2) is 0 Å². The van der Waals surface area contributed by atoms with Crippen molar-refractivity contribution in [2.24, 2.45) is 0 Å². The zero-order chi connectivity index (χ0) is 27.2. The number of carboxylic acids is 1. The van der Waals surface area contributed by atoms with E-state index in [-0.39, 0.29) is 18.5 Å². The number of esters is 1. The summed E-state index contributed by atoms with van der Waals surface area (Å²) < 4.78 is 5.69. The number of hydrogen-bond acceptors (Lipinski definition) is 3. The van der Waals surface area contributed by atoms with Crippen molar-refractivity contribution in [1.82, 2.24) is 0 Å². The Hall–Kier alpha value is -1.06. The zero-order valence-electron chi connectivity index (χ0n) is 25.0. The number of ether oxygens (including phenoxy) is 1. The Balaban J connectivity index is 3.73. The zero-order valence-corrected chi connectivity index (χ0v) is 25.0. The second kappa shape index (κ2) is 29.5. The van der Waals surface area contributed by atoms with E-state index in [1.54, 1.807) is 0 Å². The van der Waals surface area contributed by atoms with Crippen LogP contribution >= 0.6 is 0 Å². The average molecular weight is 525 g/mol. The molecule has 0 aromatic rings. The van der Waals surface area contributed by atoms with Crippen LogP contribution in [-0.2, 0) is 14.3 Å². The lowest BCUT2D eigenvalue weighted by atomic mass is 10.0. The number of rotatable bonds is 30. The van der Waals surface area contributed by atoms with Gasteiger partial charge in [-0.1, -0.05) is 155 Å². The Morgan fingerprint density at radius 3 is 1.22 bits per heavy atom. The number of hydrogen-bond donors (Lipinski definition) is 1. The van der Waals surface area contributed by atoms with Gasteiger partial charge in [0.2, 0.25) is 0 Å². The third-order valence-electron chi connectivity index (χ3n) is 7.59. The molecule has 1 N–H and O–H groups in total. The van der Waals surface area contributed by atoms with Crippen molar-refractivity contribution >= 4 is 11.9 Å². The van der Waals surface area contributed by atoms with Crippen molar-refractivity contribution in [3.8, 4) is 0 Å². The lowest BCUT2D eigenvalue weighted by molar-refractivity contribution is -0.151. The Morgan fingerprint density at radius 1 is 0.486 bits per heavy atom. The molecule has 0 spiro atoms. The molecule has 0 aromatic heterocycles. The molecule has 0 aromatic carbocycles. The maximum Gasteiger partial charge on any atom is 0.306 e. The Labute approximate surface area is 231 Å². The normalized spacial score (nSPS) is 12.1. The maximum absolute atomic E-state index is 12.3. The minimum absolute atomic E-state index is 0.0779. The minimum Gasteiger partial charge on any atom is -0.481 e. The van der Waals surface area contributed by atoms with Crippen LogP contribution < -0.4 is 0 Å². The molecular weight excluding hydrogens is 460 g/mol. The van der Waals surface area contributed by atoms with E-state index in [2.05, 4.69) is 13.8 Å². The van der Waals surface area contributed by atoms with Gasteiger partial charge in [-0.05, 0) is 25.7 Å². The summed E-state index contributed by atoms with van der Waals surface area (Å²) in [7, 11) is 0. The van der Waals surface area contributed by atoms with E-state index in [0.29, 0.717) is 12.8 Å². The molecule has 37 heavy (non-hydrogen) atoms. The highest BCUT2D eigenvalue weighted by molar-refractivity contribution is 5.69. The molecular formula is C33H64O4. The molecule has 0 amide bonds. The Bertz CT molecular complexity index is 491. The highest BCUT2D eigenvalue weighted by atomic mass is 16.5. The summed E-state index contributed by atoms with van der Waals surface area (Å²) in [5.74, 6) is -0.947. The summed E-state index contributed by atoms with van der Waals surface area (Å²) in [5.41, 5.74) is 0. The van der Waals surface area contributed by atoms with Gasteiger partial charge < -0.3 is 9.84 Å². The summed E-state index contributed by atoms with van der Waals surface area (Å²) in [4.78, 5) is 23.3. The van der Waals surface area contributed by atoms with Gasteiger partial charge in [-0.25, -0.2) is 0 Å². The van der Waals surface area contributed by atoms with Crippen LogP contribution in [0.3, 0.4) is 0 Å². The van der Waals surface area contributed by atoms with E-state index in [0.717, 1.165) is 32.1 Å². The Morgan fingerprint density at radius 2 is 0.838 bits per heavy atom. The lowest BCUT2D eigenvalue weighted by Crippen LogP contribution is -2.19. The Kier molecular flexibility index (Phi) is 28.7. The van der Waals surface area contributed by atoms with Crippen molar-refractivity contribution in [2.45, 2.75) is 200 Å². The van der Waals surface area contributed by atoms with Gasteiger partial charge in [-0.2, -0.15) is 0 Å². The first-order valence-corrected chi connectivity index (χ1v) is 16.5. The lowest BCUT2D eigenvalue weighted by Gasteiger charge is -2.17. The van der Waals surface area contributed by atoms with Gasteiger partial charge >= 0.3 is 11.9 Å². The van der Waals surface area contributed by atoms with Crippen molar-refractivity contribution in [3.05, 3.63) is 0 Å². The highest BCUT2D eigenvalue weighted by Crippen LogP contribution is 2.17. The second-order valence-corrected chi connectivity index (χ2v) is 11.4. The van der Waals surface area contributed by atoms with Crippen molar-refractivity contribution < 1.29 is 19.4 Å². The molecule has 4 nitrogen and oxygen atoms in total. The molecule has 0 aliphatic heterocycles. The van der Waals surface area contributed by atoms with E-state index < -0.39 is 5.97 Å². The predicted molar refractivity (Wildman–Crippen MR) is 158 cm³/mol. The number of carbonyl (C=O) groups is 2. The SMILES string of the molecule is CCCCCCCCCCCCCCCCC(=O)OC(CCCCCCCCCCCC)CCC(=O)O. The third-order valence-corrected chi connectivity index (χ3v) is 7.59. The molecule has 1 unspecified atom stereocenters. The average Bonchev–Trinajstić information content (AvgIpc) is 2.88. The van der Waals surface area contributed by atoms with Crippen LogP contribution in [-0.4, -0.2) is 23.1 Å². The third kappa shape index (κ3) is 29.4. The van der Waals surface area contributed by atoms with E-state index >= 15 is 0 Å². The summed E-state index contributed by atoms with van der Waals surface area (Å²) in [6.45, 7) is 4.52. The van der Waals surface area contributed by atoms with Gasteiger partial charge in [-0.15, -0.1) is 0 Å². The first-order valence-electron chi connectivity index (χ1n) is 16.5. The fourth-order valence-corrected chi connectivity index (χ4v) is 5.11. The molecule has 0 saturated heterocycles. The number of aliphatic carboxylic acids is 1. The molecule has 0 radical (unpaired) electrons. The fraction of sp³-hybridized carbons (Fsp3) is 0.939. The van der Waals surface area contributed by atoms with Gasteiger partial charge in [0, 0.05) is 12.8 Å². The minimum atomic E-state index is -0.809. The van der Waals surface area contributed by atoms with Crippen molar-refractivity contribution in [2.75, 3.05) is 0 Å². The summed E-state index contributed by atoms with van der Waals surface area (Å²) in [6.07, 6.45) is 32.5. The van der Waals surface area contributed by atoms with Crippen LogP contribution in [0.5, 0.6) is 0 Å². The predicted octanol–water partition coefficient (Wildman–Crippen LogP) is 10.9. The molecule has 0 rings (SSSR count). The van der Waals surface area contributed by atoms with Gasteiger partial charge in [-0.3, -0.25) is 9.59 Å². The van der Waals surface area contributed by atoms with Crippen LogP contribution in [0.1, 0.15) is 194 Å².